The van der Waals surface area contributed by atoms with Crippen LogP contribution in [0.2, 0.25) is 0 Å². The van der Waals surface area contributed by atoms with Gasteiger partial charge < -0.3 is 9.80 Å². The van der Waals surface area contributed by atoms with Gasteiger partial charge in [-0.2, -0.15) is 0 Å². The molecule has 2 nitrogen and oxygen atoms in total. The maximum Gasteiger partial charge on any atom is 0.0462 e. The molecule has 0 aromatic heterocycles. The molecule has 0 N–H and O–H groups in total. The molecule has 6 aromatic rings. The Morgan fingerprint density at radius 2 is 0.939 bits per heavy atom. The highest BCUT2D eigenvalue weighted by Gasteiger charge is 2.45. The predicted octanol–water partition coefficient (Wildman–Crippen LogP) is 12.6. The number of fused-ring (bicyclic) bond motifs is 3. The first-order chi connectivity index (χ1) is 24.1. The zero-order chi connectivity index (χ0) is 33.2. The lowest BCUT2D eigenvalue weighted by Gasteiger charge is -2.34. The van der Waals surface area contributed by atoms with Crippen LogP contribution >= 0.6 is 0 Å². The van der Waals surface area contributed by atoms with Gasteiger partial charge >= 0.3 is 0 Å². The van der Waals surface area contributed by atoms with E-state index in [1.165, 1.54) is 39.3 Å². The Morgan fingerprint density at radius 3 is 1.47 bits per heavy atom. The first-order valence-electron chi connectivity index (χ1n) is 17.2. The minimum atomic E-state index is -0.0150. The molecule has 238 valence electrons. The molecule has 0 spiro atoms. The number of hydrogen-bond acceptors (Lipinski definition) is 2. The molecule has 8 rings (SSSR count). The van der Waals surface area contributed by atoms with Crippen molar-refractivity contribution in [2.75, 3.05) is 9.80 Å². The first kappa shape index (κ1) is 30.5. The van der Waals surface area contributed by atoms with Gasteiger partial charge in [0.05, 0.1) is 0 Å². The minimum absolute atomic E-state index is 0.0150. The Labute approximate surface area is 290 Å². The van der Waals surface area contributed by atoms with Crippen molar-refractivity contribution in [3.8, 4) is 0 Å². The maximum atomic E-state index is 2.51. The Hall–Kier alpha value is -5.86. The van der Waals surface area contributed by atoms with Gasteiger partial charge in [0.2, 0.25) is 0 Å². The van der Waals surface area contributed by atoms with Gasteiger partial charge in [0.25, 0.3) is 0 Å². The van der Waals surface area contributed by atoms with Crippen LogP contribution in [0, 0.1) is 5.92 Å². The monoisotopic (exact) mass is 632 g/mol. The summed E-state index contributed by atoms with van der Waals surface area (Å²) in [5.74, 6) is 0.728. The fourth-order valence-electron chi connectivity index (χ4n) is 7.60. The van der Waals surface area contributed by atoms with Gasteiger partial charge in [-0.3, -0.25) is 0 Å². The van der Waals surface area contributed by atoms with Crippen LogP contribution in [-0.4, -0.2) is 0 Å². The number of hydrogen-bond donors (Lipinski definition) is 0. The van der Waals surface area contributed by atoms with Crippen LogP contribution in [0.4, 0.5) is 28.4 Å². The lowest BCUT2D eigenvalue weighted by atomic mass is 9.74. The van der Waals surface area contributed by atoms with Gasteiger partial charge in [-0.05, 0) is 100 Å². The molecule has 0 saturated heterocycles. The summed E-state index contributed by atoms with van der Waals surface area (Å²) in [7, 11) is 0. The molecule has 49 heavy (non-hydrogen) atoms. The van der Waals surface area contributed by atoms with Crippen molar-refractivity contribution in [3.63, 3.8) is 0 Å². The highest BCUT2D eigenvalue weighted by molar-refractivity contribution is 5.78. The van der Waals surface area contributed by atoms with Gasteiger partial charge in [0.1, 0.15) is 0 Å². The molecule has 0 heterocycles. The zero-order valence-corrected chi connectivity index (χ0v) is 28.0. The van der Waals surface area contributed by atoms with Gasteiger partial charge in [-0.25, -0.2) is 0 Å². The molecule has 2 aliphatic carbocycles. The van der Waals surface area contributed by atoms with Crippen molar-refractivity contribution in [1.82, 2.24) is 0 Å². The van der Waals surface area contributed by atoms with E-state index in [9.17, 15) is 0 Å². The molecule has 2 atom stereocenters. The molecular formula is C47H40N2. The number of para-hydroxylation sites is 4. The van der Waals surface area contributed by atoms with Gasteiger partial charge in [-0.15, -0.1) is 0 Å². The third kappa shape index (κ3) is 5.91. The second-order valence-corrected chi connectivity index (χ2v) is 13.5. The molecule has 2 heteroatoms. The van der Waals surface area contributed by atoms with E-state index in [4.69, 9.17) is 0 Å². The van der Waals surface area contributed by atoms with Crippen molar-refractivity contribution in [2.45, 2.75) is 25.2 Å². The summed E-state index contributed by atoms with van der Waals surface area (Å²) < 4.78 is 0. The highest BCUT2D eigenvalue weighted by atomic mass is 15.1. The largest absolute Gasteiger partial charge is 0.311 e. The molecule has 0 amide bonds. The molecule has 0 radical (unpaired) electrons. The van der Waals surface area contributed by atoms with Crippen LogP contribution in [0.25, 0.3) is 12.2 Å². The lowest BCUT2D eigenvalue weighted by Crippen LogP contribution is -2.28. The summed E-state index contributed by atoms with van der Waals surface area (Å²) in [6.07, 6.45) is 11.7. The van der Waals surface area contributed by atoms with Gasteiger partial charge in [-0.1, -0.05) is 141 Å². The minimum Gasteiger partial charge on any atom is -0.311 e. The molecule has 0 fully saturated rings. The molecular weight excluding hydrogens is 593 g/mol. The number of anilines is 5. The molecule has 2 aliphatic rings. The summed E-state index contributed by atoms with van der Waals surface area (Å²) >= 11 is 0. The quantitative estimate of drug-likeness (QED) is 0.154. The third-order valence-corrected chi connectivity index (χ3v) is 10.1. The normalized spacial score (nSPS) is 17.3. The van der Waals surface area contributed by atoms with Crippen molar-refractivity contribution in [3.05, 3.63) is 210 Å². The summed E-state index contributed by atoms with van der Waals surface area (Å²) in [6, 6.07) is 58.4. The van der Waals surface area contributed by atoms with Crippen molar-refractivity contribution in [1.29, 1.82) is 0 Å². The molecule has 0 saturated carbocycles. The topological polar surface area (TPSA) is 6.48 Å². The van der Waals surface area contributed by atoms with E-state index in [0.29, 0.717) is 11.8 Å². The van der Waals surface area contributed by atoms with E-state index in [-0.39, 0.29) is 5.41 Å². The Bertz CT molecular complexity index is 2050. The molecule has 6 aromatic carbocycles. The summed E-state index contributed by atoms with van der Waals surface area (Å²) in [5.41, 5.74) is 12.3. The maximum absolute atomic E-state index is 2.51. The lowest BCUT2D eigenvalue weighted by molar-refractivity contribution is 0.392. The number of nitrogens with zero attached hydrogens (tertiary/aromatic N) is 2. The second kappa shape index (κ2) is 13.0. The SMILES string of the molecule is CC1(C)c2cc(/C=C/c3ccc(N(c4ccccc4)c4ccccc4)cc3)ccc2C2C=CC(N(c3ccccc3)c3ccccc3)=CC21. The first-order valence-corrected chi connectivity index (χ1v) is 17.2. The number of benzene rings is 6. The Balaban J connectivity index is 1.06. The molecule has 0 aliphatic heterocycles. The smallest absolute Gasteiger partial charge is 0.0462 e. The van der Waals surface area contributed by atoms with Crippen LogP contribution in [0.3, 0.4) is 0 Å². The van der Waals surface area contributed by atoms with E-state index < -0.39 is 0 Å². The van der Waals surface area contributed by atoms with E-state index in [2.05, 4.69) is 218 Å². The Kier molecular flexibility index (Phi) is 8.07. The highest BCUT2D eigenvalue weighted by Crippen LogP contribution is 2.54. The molecule has 0 bridgehead atoms. The van der Waals surface area contributed by atoms with Crippen LogP contribution in [0.1, 0.15) is 42.0 Å². The summed E-state index contributed by atoms with van der Waals surface area (Å²) in [4.78, 5) is 4.67. The van der Waals surface area contributed by atoms with E-state index in [1.807, 2.05) is 0 Å². The average molecular weight is 633 g/mol. The van der Waals surface area contributed by atoms with Crippen LogP contribution < -0.4 is 9.80 Å². The van der Waals surface area contributed by atoms with E-state index in [0.717, 1.165) is 17.1 Å². The fourth-order valence-corrected chi connectivity index (χ4v) is 7.60. The van der Waals surface area contributed by atoms with E-state index >= 15 is 0 Å². The fraction of sp³-hybridized carbons (Fsp3) is 0.106. The van der Waals surface area contributed by atoms with Crippen LogP contribution in [0.5, 0.6) is 0 Å². The van der Waals surface area contributed by atoms with Crippen molar-refractivity contribution >= 4 is 40.6 Å². The summed E-state index contributed by atoms with van der Waals surface area (Å²) in [6.45, 7) is 4.83. The van der Waals surface area contributed by atoms with Crippen LogP contribution in [0.15, 0.2) is 188 Å². The van der Waals surface area contributed by atoms with Crippen molar-refractivity contribution < 1.29 is 0 Å². The standard InChI is InChI=1S/C47H40N2/c1-47(2)45-33-36(24-23-35-25-28-41(29-26-35)48(37-15-7-3-8-16-37)38-17-9-4-10-18-38)27-31-43(45)44-32-30-42(34-46(44)47)49(39-19-11-5-12-20-39)40-21-13-6-14-22-40/h3-34,44,46H,1-2H3/b24-23+. The zero-order valence-electron chi connectivity index (χ0n) is 28.0. The summed E-state index contributed by atoms with van der Waals surface area (Å²) in [5, 5.41) is 0. The van der Waals surface area contributed by atoms with Crippen LogP contribution in [-0.2, 0) is 5.41 Å². The number of rotatable bonds is 8. The predicted molar refractivity (Wildman–Crippen MR) is 208 cm³/mol. The van der Waals surface area contributed by atoms with E-state index in [1.54, 1.807) is 0 Å². The third-order valence-electron chi connectivity index (χ3n) is 10.1. The average Bonchev–Trinajstić information content (AvgIpc) is 3.38. The van der Waals surface area contributed by atoms with Gasteiger partial charge in [0, 0.05) is 40.1 Å². The second-order valence-electron chi connectivity index (χ2n) is 13.5. The molecule has 2 unspecified atom stereocenters. The van der Waals surface area contributed by atoms with Gasteiger partial charge in [0.15, 0.2) is 0 Å². The number of allylic oxidation sites excluding steroid dienone is 3. The van der Waals surface area contributed by atoms with Crippen molar-refractivity contribution in [2.24, 2.45) is 5.92 Å². The Morgan fingerprint density at radius 1 is 0.490 bits per heavy atom.